The molecule has 1 aliphatic rings. The molecule has 3 aromatic rings. The molecule has 0 spiro atoms. The number of aromatic nitrogens is 1. The lowest BCUT2D eigenvalue weighted by Gasteiger charge is -2.32. The molecule has 1 fully saturated rings. The molecule has 5 heteroatoms. The van der Waals surface area contributed by atoms with Gasteiger partial charge in [-0.05, 0) is 56.6 Å². The second-order valence-corrected chi connectivity index (χ2v) is 8.24. The van der Waals surface area contributed by atoms with Gasteiger partial charge in [-0.2, -0.15) is 0 Å². The van der Waals surface area contributed by atoms with Crippen LogP contribution in [0.25, 0.3) is 10.9 Å². The van der Waals surface area contributed by atoms with Gasteiger partial charge in [0.25, 0.3) is 0 Å². The summed E-state index contributed by atoms with van der Waals surface area (Å²) in [7, 11) is 1.74. The van der Waals surface area contributed by atoms with Crippen LogP contribution in [0.3, 0.4) is 0 Å². The first-order valence-corrected chi connectivity index (χ1v) is 10.6. The monoisotopic (exact) mass is 409 g/mol. The molecule has 1 aromatic heterocycles. The zero-order chi connectivity index (χ0) is 20.2. The third-order valence-electron chi connectivity index (χ3n) is 5.75. The van der Waals surface area contributed by atoms with Crippen molar-refractivity contribution in [2.24, 2.45) is 0 Å². The van der Waals surface area contributed by atoms with E-state index in [1.807, 2.05) is 12.1 Å². The molecule has 29 heavy (non-hydrogen) atoms. The number of nitrogens with zero attached hydrogens (tertiary/aromatic N) is 2. The maximum Gasteiger partial charge on any atom is 0.134 e. The van der Waals surface area contributed by atoms with Crippen LogP contribution in [0.1, 0.15) is 29.5 Å². The highest BCUT2D eigenvalue weighted by Gasteiger charge is 2.20. The van der Waals surface area contributed by atoms with Crippen LogP contribution in [0.5, 0.6) is 5.75 Å². The van der Waals surface area contributed by atoms with Gasteiger partial charge in [0.05, 0.1) is 12.6 Å². The Balaban J connectivity index is 1.32. The standard InChI is InChI=1S/C24H28ClN3O/c1-17-7-8-18-14-20(24(25)27-22(18)13-17)15-26-21-9-11-28(12-10-21)16-19-5-3-4-6-23(19)29-2/h3-8,13-14,21,26H,9-12,15-16H2,1-2H3. The Hall–Kier alpha value is -2.14. The quantitative estimate of drug-likeness (QED) is 0.584. The van der Waals surface area contributed by atoms with Gasteiger partial charge >= 0.3 is 0 Å². The molecule has 0 bridgehead atoms. The highest BCUT2D eigenvalue weighted by molar-refractivity contribution is 6.30. The van der Waals surface area contributed by atoms with Crippen molar-refractivity contribution >= 4 is 22.5 Å². The van der Waals surface area contributed by atoms with Crippen LogP contribution in [-0.4, -0.2) is 36.1 Å². The number of para-hydroxylation sites is 1. The summed E-state index contributed by atoms with van der Waals surface area (Å²) in [5, 5.41) is 5.43. The molecule has 0 radical (unpaired) electrons. The lowest BCUT2D eigenvalue weighted by atomic mass is 10.0. The van der Waals surface area contributed by atoms with Gasteiger partial charge in [0.2, 0.25) is 0 Å². The summed E-state index contributed by atoms with van der Waals surface area (Å²) in [4.78, 5) is 7.08. The van der Waals surface area contributed by atoms with E-state index in [2.05, 4.69) is 58.5 Å². The number of pyridine rings is 1. The molecular formula is C24H28ClN3O. The van der Waals surface area contributed by atoms with Crippen LogP contribution in [0.4, 0.5) is 0 Å². The third kappa shape index (κ3) is 4.89. The molecule has 0 amide bonds. The summed E-state index contributed by atoms with van der Waals surface area (Å²) in [5.74, 6) is 0.974. The number of nitrogens with one attached hydrogen (secondary N) is 1. The first-order valence-electron chi connectivity index (χ1n) is 10.3. The normalized spacial score (nSPS) is 15.7. The number of hydrogen-bond acceptors (Lipinski definition) is 4. The minimum atomic E-state index is 0.508. The molecule has 0 saturated carbocycles. The van der Waals surface area contributed by atoms with Crippen molar-refractivity contribution in [3.63, 3.8) is 0 Å². The van der Waals surface area contributed by atoms with Crippen LogP contribution in [0.15, 0.2) is 48.5 Å². The predicted octanol–water partition coefficient (Wildman–Crippen LogP) is 4.96. The van der Waals surface area contributed by atoms with E-state index >= 15 is 0 Å². The number of piperidine rings is 1. The summed E-state index contributed by atoms with van der Waals surface area (Å²) in [6.07, 6.45) is 2.26. The van der Waals surface area contributed by atoms with Crippen molar-refractivity contribution in [1.82, 2.24) is 15.2 Å². The highest BCUT2D eigenvalue weighted by Crippen LogP contribution is 2.23. The van der Waals surface area contributed by atoms with E-state index in [4.69, 9.17) is 16.3 Å². The van der Waals surface area contributed by atoms with E-state index in [0.29, 0.717) is 11.2 Å². The summed E-state index contributed by atoms with van der Waals surface area (Å²) in [5.41, 5.74) is 4.49. The number of likely N-dealkylation sites (tertiary alicyclic amines) is 1. The molecule has 0 unspecified atom stereocenters. The molecule has 4 nitrogen and oxygen atoms in total. The van der Waals surface area contributed by atoms with Gasteiger partial charge < -0.3 is 10.1 Å². The Labute approximate surface area is 177 Å². The molecule has 2 aromatic carbocycles. The number of methoxy groups -OCH3 is 1. The summed E-state index contributed by atoms with van der Waals surface area (Å²) in [6, 6.07) is 17.3. The topological polar surface area (TPSA) is 37.4 Å². The number of aryl methyl sites for hydroxylation is 1. The van der Waals surface area contributed by atoms with Crippen molar-refractivity contribution in [2.45, 2.75) is 38.9 Å². The van der Waals surface area contributed by atoms with Crippen molar-refractivity contribution in [3.8, 4) is 5.75 Å². The zero-order valence-electron chi connectivity index (χ0n) is 17.1. The highest BCUT2D eigenvalue weighted by atomic mass is 35.5. The van der Waals surface area contributed by atoms with Crippen molar-refractivity contribution in [2.75, 3.05) is 20.2 Å². The SMILES string of the molecule is COc1ccccc1CN1CCC(NCc2cc3ccc(C)cc3nc2Cl)CC1. The zero-order valence-corrected chi connectivity index (χ0v) is 17.9. The molecule has 0 atom stereocenters. The van der Waals surface area contributed by atoms with E-state index in [9.17, 15) is 0 Å². The van der Waals surface area contributed by atoms with E-state index in [-0.39, 0.29) is 0 Å². The third-order valence-corrected chi connectivity index (χ3v) is 6.08. The minimum Gasteiger partial charge on any atom is -0.496 e. The van der Waals surface area contributed by atoms with E-state index in [1.54, 1.807) is 7.11 Å². The van der Waals surface area contributed by atoms with Crippen LogP contribution in [-0.2, 0) is 13.1 Å². The first-order chi connectivity index (χ1) is 14.1. The molecule has 152 valence electrons. The molecule has 4 rings (SSSR count). The van der Waals surface area contributed by atoms with Crippen molar-refractivity contribution in [3.05, 3.63) is 70.4 Å². The number of hydrogen-bond donors (Lipinski definition) is 1. The fourth-order valence-corrected chi connectivity index (χ4v) is 4.26. The largest absolute Gasteiger partial charge is 0.496 e. The van der Waals surface area contributed by atoms with Crippen molar-refractivity contribution in [1.29, 1.82) is 0 Å². The fraction of sp³-hybridized carbons (Fsp3) is 0.375. The smallest absolute Gasteiger partial charge is 0.134 e. The molecule has 2 heterocycles. The average molecular weight is 410 g/mol. The Morgan fingerprint density at radius 1 is 1.10 bits per heavy atom. The molecule has 0 aliphatic carbocycles. The lowest BCUT2D eigenvalue weighted by molar-refractivity contribution is 0.188. The first kappa shape index (κ1) is 20.1. The average Bonchev–Trinajstić information content (AvgIpc) is 2.73. The van der Waals surface area contributed by atoms with Gasteiger partial charge in [-0.3, -0.25) is 4.90 Å². The second kappa shape index (κ2) is 9.12. The maximum absolute atomic E-state index is 6.44. The Morgan fingerprint density at radius 2 is 1.90 bits per heavy atom. The Bertz CT molecular complexity index is 983. The van der Waals surface area contributed by atoms with E-state index in [1.165, 1.54) is 11.1 Å². The van der Waals surface area contributed by atoms with Crippen molar-refractivity contribution < 1.29 is 4.74 Å². The number of halogens is 1. The number of benzene rings is 2. The Morgan fingerprint density at radius 3 is 2.69 bits per heavy atom. The number of fused-ring (bicyclic) bond motifs is 1. The van der Waals surface area contributed by atoms with Gasteiger partial charge in [0, 0.05) is 35.6 Å². The fourth-order valence-electron chi connectivity index (χ4n) is 4.05. The van der Waals surface area contributed by atoms with Gasteiger partial charge in [0.15, 0.2) is 0 Å². The second-order valence-electron chi connectivity index (χ2n) is 7.88. The lowest BCUT2D eigenvalue weighted by Crippen LogP contribution is -2.41. The number of rotatable bonds is 6. The number of ether oxygens (including phenoxy) is 1. The van der Waals surface area contributed by atoms with Gasteiger partial charge in [-0.1, -0.05) is 41.9 Å². The van der Waals surface area contributed by atoms with Gasteiger partial charge in [-0.25, -0.2) is 4.98 Å². The van der Waals surface area contributed by atoms with E-state index < -0.39 is 0 Å². The molecule has 1 saturated heterocycles. The van der Waals surface area contributed by atoms with Crippen LogP contribution < -0.4 is 10.1 Å². The molecular weight excluding hydrogens is 382 g/mol. The van der Waals surface area contributed by atoms with Gasteiger partial charge in [-0.15, -0.1) is 0 Å². The Kier molecular flexibility index (Phi) is 6.34. The van der Waals surface area contributed by atoms with Crippen LogP contribution in [0, 0.1) is 6.92 Å². The summed E-state index contributed by atoms with van der Waals surface area (Å²) in [6.45, 7) is 5.94. The van der Waals surface area contributed by atoms with Crippen LogP contribution in [0.2, 0.25) is 5.15 Å². The molecule has 1 N–H and O–H groups in total. The van der Waals surface area contributed by atoms with E-state index in [0.717, 1.165) is 61.2 Å². The van der Waals surface area contributed by atoms with Gasteiger partial charge in [0.1, 0.15) is 10.9 Å². The summed E-state index contributed by atoms with van der Waals surface area (Å²) < 4.78 is 5.49. The predicted molar refractivity (Wildman–Crippen MR) is 120 cm³/mol. The molecule has 1 aliphatic heterocycles. The summed E-state index contributed by atoms with van der Waals surface area (Å²) >= 11 is 6.44. The minimum absolute atomic E-state index is 0.508. The maximum atomic E-state index is 6.44. The van der Waals surface area contributed by atoms with Crippen LogP contribution >= 0.6 is 11.6 Å².